The van der Waals surface area contributed by atoms with E-state index in [2.05, 4.69) is 15.8 Å². The Morgan fingerprint density at radius 2 is 1.78 bits per heavy atom. The van der Waals surface area contributed by atoms with Gasteiger partial charge in [-0.25, -0.2) is 4.39 Å². The Balaban J connectivity index is 1.90. The number of benzene rings is 2. The van der Waals surface area contributed by atoms with Gasteiger partial charge in [-0.1, -0.05) is 19.1 Å². The van der Waals surface area contributed by atoms with Crippen LogP contribution in [0.1, 0.15) is 24.5 Å². The van der Waals surface area contributed by atoms with E-state index in [0.717, 1.165) is 23.3 Å². The number of nitrogens with zero attached hydrogens (tertiary/aromatic N) is 1. The predicted molar refractivity (Wildman–Crippen MR) is 93.9 cm³/mol. The van der Waals surface area contributed by atoms with Gasteiger partial charge < -0.3 is 10.4 Å². The van der Waals surface area contributed by atoms with Gasteiger partial charge in [-0.05, 0) is 66.2 Å². The third-order valence-electron chi connectivity index (χ3n) is 3.19. The van der Waals surface area contributed by atoms with Gasteiger partial charge >= 0.3 is 0 Å². The maximum atomic E-state index is 12.8. The number of aromatic hydroxyl groups is 1. The fourth-order valence-corrected chi connectivity index (χ4v) is 2.06. The Morgan fingerprint density at radius 1 is 1.13 bits per heavy atom. The molecule has 0 unspecified atom stereocenters. The van der Waals surface area contributed by atoms with Gasteiger partial charge in [0.15, 0.2) is 5.11 Å². The molecule has 0 saturated carbocycles. The highest BCUT2D eigenvalue weighted by atomic mass is 32.1. The first kappa shape index (κ1) is 16.9. The first-order valence-electron chi connectivity index (χ1n) is 7.22. The van der Waals surface area contributed by atoms with Crippen molar-refractivity contribution in [1.29, 1.82) is 0 Å². The number of hydrazone groups is 1. The van der Waals surface area contributed by atoms with E-state index < -0.39 is 0 Å². The molecule has 0 heterocycles. The van der Waals surface area contributed by atoms with Gasteiger partial charge in [0.25, 0.3) is 0 Å². The summed E-state index contributed by atoms with van der Waals surface area (Å²) < 4.78 is 12.8. The number of hydrogen-bond donors (Lipinski definition) is 3. The second-order valence-electron chi connectivity index (χ2n) is 4.88. The van der Waals surface area contributed by atoms with E-state index in [1.165, 1.54) is 12.1 Å². The van der Waals surface area contributed by atoms with E-state index in [0.29, 0.717) is 11.7 Å². The fourth-order valence-electron chi connectivity index (χ4n) is 1.94. The molecule has 6 heteroatoms. The lowest BCUT2D eigenvalue weighted by Gasteiger charge is -2.09. The average molecular weight is 331 g/mol. The quantitative estimate of drug-likeness (QED) is 0.447. The highest BCUT2D eigenvalue weighted by molar-refractivity contribution is 7.80. The molecule has 0 bridgehead atoms. The van der Waals surface area contributed by atoms with Crippen LogP contribution in [-0.2, 0) is 6.54 Å². The van der Waals surface area contributed by atoms with Gasteiger partial charge in [0.05, 0.1) is 5.71 Å². The molecule has 3 N–H and O–H groups in total. The summed E-state index contributed by atoms with van der Waals surface area (Å²) in [6, 6.07) is 13.0. The van der Waals surface area contributed by atoms with Crippen molar-refractivity contribution in [2.75, 3.05) is 0 Å². The van der Waals surface area contributed by atoms with Gasteiger partial charge in [0.1, 0.15) is 11.6 Å². The van der Waals surface area contributed by atoms with Crippen LogP contribution in [-0.4, -0.2) is 15.9 Å². The maximum Gasteiger partial charge on any atom is 0.187 e. The standard InChI is InChI=1S/C17H18FN3OS/c1-2-16(13-5-9-15(22)10-6-13)20-21-17(23)19-11-12-3-7-14(18)8-4-12/h3-10,22H,2,11H2,1H3,(H2,19,21,23)/b20-16+. The third-order valence-corrected chi connectivity index (χ3v) is 3.43. The summed E-state index contributed by atoms with van der Waals surface area (Å²) in [6.45, 7) is 2.48. The number of hydrogen-bond acceptors (Lipinski definition) is 3. The molecule has 120 valence electrons. The van der Waals surface area contributed by atoms with Crippen molar-refractivity contribution < 1.29 is 9.50 Å². The van der Waals surface area contributed by atoms with Crippen LogP contribution >= 0.6 is 12.2 Å². The molecule has 0 fully saturated rings. The van der Waals surface area contributed by atoms with Crippen molar-refractivity contribution in [1.82, 2.24) is 10.7 Å². The van der Waals surface area contributed by atoms with E-state index in [4.69, 9.17) is 12.2 Å². The van der Waals surface area contributed by atoms with Crippen molar-refractivity contribution in [2.24, 2.45) is 5.10 Å². The van der Waals surface area contributed by atoms with Crippen molar-refractivity contribution in [3.63, 3.8) is 0 Å². The van der Waals surface area contributed by atoms with Crippen LogP contribution in [0.4, 0.5) is 4.39 Å². The van der Waals surface area contributed by atoms with Crippen LogP contribution < -0.4 is 10.7 Å². The van der Waals surface area contributed by atoms with Gasteiger partial charge in [0, 0.05) is 6.54 Å². The lowest BCUT2D eigenvalue weighted by molar-refractivity contribution is 0.475. The zero-order chi connectivity index (χ0) is 16.7. The molecule has 0 atom stereocenters. The first-order chi connectivity index (χ1) is 11.1. The molecule has 0 amide bonds. The zero-order valence-electron chi connectivity index (χ0n) is 12.7. The van der Waals surface area contributed by atoms with Gasteiger partial charge in [-0.15, -0.1) is 0 Å². The Bertz CT molecular complexity index is 684. The molecule has 0 aliphatic heterocycles. The topological polar surface area (TPSA) is 56.7 Å². The molecule has 2 rings (SSSR count). The van der Waals surface area contributed by atoms with Crippen molar-refractivity contribution in [3.8, 4) is 5.75 Å². The van der Waals surface area contributed by atoms with Crippen LogP contribution in [0.15, 0.2) is 53.6 Å². The highest BCUT2D eigenvalue weighted by Crippen LogP contribution is 2.11. The van der Waals surface area contributed by atoms with E-state index in [1.807, 2.05) is 6.92 Å². The summed E-state index contributed by atoms with van der Waals surface area (Å²) in [4.78, 5) is 0. The van der Waals surface area contributed by atoms with Crippen LogP contribution in [0.25, 0.3) is 0 Å². The van der Waals surface area contributed by atoms with Crippen LogP contribution in [0.3, 0.4) is 0 Å². The molecule has 2 aromatic carbocycles. The third kappa shape index (κ3) is 5.34. The zero-order valence-corrected chi connectivity index (χ0v) is 13.5. The Morgan fingerprint density at radius 3 is 2.39 bits per heavy atom. The summed E-state index contributed by atoms with van der Waals surface area (Å²) >= 11 is 5.17. The molecule has 0 aliphatic carbocycles. The van der Waals surface area contributed by atoms with Crippen molar-refractivity contribution in [3.05, 3.63) is 65.5 Å². The van der Waals surface area contributed by atoms with Gasteiger partial charge in [-0.3, -0.25) is 5.43 Å². The first-order valence-corrected chi connectivity index (χ1v) is 7.63. The summed E-state index contributed by atoms with van der Waals surface area (Å²) in [5.74, 6) is -0.0471. The largest absolute Gasteiger partial charge is 0.508 e. The van der Waals surface area contributed by atoms with Crippen molar-refractivity contribution >= 4 is 23.0 Å². The van der Waals surface area contributed by atoms with Gasteiger partial charge in [-0.2, -0.15) is 5.10 Å². The van der Waals surface area contributed by atoms with E-state index >= 15 is 0 Å². The number of halogens is 1. The van der Waals surface area contributed by atoms with Crippen LogP contribution in [0, 0.1) is 5.82 Å². The molecule has 0 aliphatic rings. The highest BCUT2D eigenvalue weighted by Gasteiger charge is 2.02. The predicted octanol–water partition coefficient (Wildman–Crippen LogP) is 3.31. The molecule has 23 heavy (non-hydrogen) atoms. The van der Waals surface area contributed by atoms with E-state index in [9.17, 15) is 9.50 Å². The fraction of sp³-hybridized carbons (Fsp3) is 0.176. The van der Waals surface area contributed by atoms with E-state index in [-0.39, 0.29) is 11.6 Å². The lowest BCUT2D eigenvalue weighted by atomic mass is 10.1. The SMILES string of the molecule is CC/C(=N\NC(=S)NCc1ccc(F)cc1)c1ccc(O)cc1. The Labute approximate surface area is 140 Å². The Hall–Kier alpha value is -2.47. The average Bonchev–Trinajstić information content (AvgIpc) is 2.56. The minimum atomic E-state index is -0.263. The second-order valence-corrected chi connectivity index (χ2v) is 5.29. The summed E-state index contributed by atoms with van der Waals surface area (Å²) in [6.07, 6.45) is 0.721. The molecule has 2 aromatic rings. The number of nitrogens with one attached hydrogen (secondary N) is 2. The maximum absolute atomic E-state index is 12.8. The molecule has 0 radical (unpaired) electrons. The smallest absolute Gasteiger partial charge is 0.187 e. The number of phenolic OH excluding ortho intramolecular Hbond substituents is 1. The summed E-state index contributed by atoms with van der Waals surface area (Å²) in [7, 11) is 0. The Kier molecular flexibility index (Phi) is 6.05. The number of phenols is 1. The number of rotatable bonds is 5. The number of thiocarbonyl (C=S) groups is 1. The molecule has 0 saturated heterocycles. The molecule has 0 aromatic heterocycles. The van der Waals surface area contributed by atoms with Crippen molar-refractivity contribution in [2.45, 2.75) is 19.9 Å². The minimum absolute atomic E-state index is 0.216. The normalized spacial score (nSPS) is 11.1. The summed E-state index contributed by atoms with van der Waals surface area (Å²) in [5, 5.41) is 17.0. The monoisotopic (exact) mass is 331 g/mol. The molecule has 0 spiro atoms. The van der Waals surface area contributed by atoms with Crippen LogP contribution in [0.2, 0.25) is 0 Å². The second kappa shape index (κ2) is 8.24. The van der Waals surface area contributed by atoms with Crippen LogP contribution in [0.5, 0.6) is 5.75 Å². The molecular formula is C17H18FN3OS. The lowest BCUT2D eigenvalue weighted by Crippen LogP contribution is -2.32. The minimum Gasteiger partial charge on any atom is -0.508 e. The van der Waals surface area contributed by atoms with Gasteiger partial charge in [0.2, 0.25) is 0 Å². The molecular weight excluding hydrogens is 313 g/mol. The molecule has 4 nitrogen and oxygen atoms in total. The van der Waals surface area contributed by atoms with E-state index in [1.54, 1.807) is 36.4 Å². The summed E-state index contributed by atoms with van der Waals surface area (Å²) in [5.41, 5.74) is 5.47.